The smallest absolute Gasteiger partial charge is 0.282 e. The number of furan rings is 1. The van der Waals surface area contributed by atoms with E-state index in [1.807, 2.05) is 0 Å². The summed E-state index contributed by atoms with van der Waals surface area (Å²) in [5, 5.41) is 8.46. The van der Waals surface area contributed by atoms with Gasteiger partial charge < -0.3 is 9.52 Å². The van der Waals surface area contributed by atoms with E-state index >= 15 is 0 Å². The van der Waals surface area contributed by atoms with Gasteiger partial charge in [0.2, 0.25) is 0 Å². The number of carbonyl (C=O) groups is 1. The fraction of sp³-hybridized carbons (Fsp3) is 0. The van der Waals surface area contributed by atoms with Crippen molar-refractivity contribution >= 4 is 6.29 Å². The van der Waals surface area contributed by atoms with Crippen LogP contribution >= 0.6 is 0 Å². The van der Waals surface area contributed by atoms with Crippen molar-refractivity contribution < 1.29 is 14.3 Å². The highest BCUT2D eigenvalue weighted by Crippen LogP contribution is 2.10. The Bertz CT molecular complexity index is 189. The second kappa shape index (κ2) is 1.69. The van der Waals surface area contributed by atoms with Crippen molar-refractivity contribution in [3.8, 4) is 5.95 Å². The lowest BCUT2D eigenvalue weighted by Gasteiger charge is -1.69. The fourth-order valence-corrected chi connectivity index (χ4v) is 0.401. The number of hydrogen-bond donors (Lipinski definition) is 1. The molecule has 0 amide bonds. The standard InChI is InChI=1S/C5H4O3/c6-2-4-1-5(7)8-3-4/h1-3,7H. The van der Waals surface area contributed by atoms with E-state index < -0.39 is 0 Å². The summed E-state index contributed by atoms with van der Waals surface area (Å²) in [6.45, 7) is 0. The first kappa shape index (κ1) is 4.90. The monoisotopic (exact) mass is 112 g/mol. The third-order valence-corrected chi connectivity index (χ3v) is 0.742. The van der Waals surface area contributed by atoms with E-state index in [0.29, 0.717) is 11.8 Å². The summed E-state index contributed by atoms with van der Waals surface area (Å²) in [7, 11) is 0. The molecule has 0 saturated heterocycles. The molecule has 3 nitrogen and oxygen atoms in total. The summed E-state index contributed by atoms with van der Waals surface area (Å²) in [4.78, 5) is 9.85. The molecule has 0 saturated carbocycles. The van der Waals surface area contributed by atoms with Gasteiger partial charge in [0.1, 0.15) is 6.26 Å². The Hall–Kier alpha value is -1.25. The quantitative estimate of drug-likeness (QED) is 0.546. The highest BCUT2D eigenvalue weighted by molar-refractivity contribution is 5.74. The Labute approximate surface area is 45.5 Å². The van der Waals surface area contributed by atoms with E-state index in [0.717, 1.165) is 0 Å². The zero-order chi connectivity index (χ0) is 5.98. The summed E-state index contributed by atoms with van der Waals surface area (Å²) >= 11 is 0. The van der Waals surface area contributed by atoms with Crippen LogP contribution in [0.5, 0.6) is 5.95 Å². The lowest BCUT2D eigenvalue weighted by atomic mass is 10.4. The minimum atomic E-state index is -0.230. The van der Waals surface area contributed by atoms with E-state index in [-0.39, 0.29) is 5.95 Å². The van der Waals surface area contributed by atoms with Crippen LogP contribution < -0.4 is 0 Å². The molecule has 0 aliphatic carbocycles. The van der Waals surface area contributed by atoms with Gasteiger partial charge in [-0.05, 0) is 0 Å². The Kier molecular flexibility index (Phi) is 1.04. The van der Waals surface area contributed by atoms with Crippen LogP contribution in [-0.4, -0.2) is 11.4 Å². The third kappa shape index (κ3) is 0.703. The zero-order valence-electron chi connectivity index (χ0n) is 4.00. The first-order valence-corrected chi connectivity index (χ1v) is 2.05. The molecule has 3 heteroatoms. The molecule has 0 radical (unpaired) electrons. The molecular weight excluding hydrogens is 108 g/mol. The molecule has 0 bridgehead atoms. The summed E-state index contributed by atoms with van der Waals surface area (Å²) in [6, 6.07) is 1.24. The first-order chi connectivity index (χ1) is 3.83. The van der Waals surface area contributed by atoms with Crippen LogP contribution in [0.3, 0.4) is 0 Å². The Balaban J connectivity index is 3.00. The SMILES string of the molecule is O=Cc1coc(O)c1. The molecule has 8 heavy (non-hydrogen) atoms. The predicted molar refractivity (Wildman–Crippen MR) is 25.8 cm³/mol. The molecule has 42 valence electrons. The third-order valence-electron chi connectivity index (χ3n) is 0.742. The largest absolute Gasteiger partial charge is 0.481 e. The van der Waals surface area contributed by atoms with Gasteiger partial charge >= 0.3 is 0 Å². The highest BCUT2D eigenvalue weighted by atomic mass is 16.5. The number of rotatable bonds is 1. The minimum Gasteiger partial charge on any atom is -0.481 e. The molecule has 0 aliphatic rings. The molecule has 0 unspecified atom stereocenters. The maximum absolute atomic E-state index is 9.85. The summed E-state index contributed by atoms with van der Waals surface area (Å²) in [5.74, 6) is -0.230. The highest BCUT2D eigenvalue weighted by Gasteiger charge is 1.94. The van der Waals surface area contributed by atoms with Crippen molar-refractivity contribution in [1.29, 1.82) is 0 Å². The van der Waals surface area contributed by atoms with E-state index in [9.17, 15) is 4.79 Å². The summed E-state index contributed by atoms with van der Waals surface area (Å²) in [5.41, 5.74) is 0.350. The maximum Gasteiger partial charge on any atom is 0.282 e. The zero-order valence-corrected chi connectivity index (χ0v) is 4.00. The lowest BCUT2D eigenvalue weighted by molar-refractivity contribution is 0.112. The average Bonchev–Trinajstić information content (AvgIpc) is 2.14. The van der Waals surface area contributed by atoms with Crippen LogP contribution in [0.25, 0.3) is 0 Å². The molecule has 0 spiro atoms. The van der Waals surface area contributed by atoms with Gasteiger partial charge in [-0.15, -0.1) is 0 Å². The lowest BCUT2D eigenvalue weighted by Crippen LogP contribution is -1.65. The van der Waals surface area contributed by atoms with Crippen LogP contribution in [0.4, 0.5) is 0 Å². The molecule has 0 fully saturated rings. The van der Waals surface area contributed by atoms with Gasteiger partial charge in [0.25, 0.3) is 5.95 Å². The van der Waals surface area contributed by atoms with Crippen LogP contribution in [0.2, 0.25) is 0 Å². The van der Waals surface area contributed by atoms with Gasteiger partial charge in [-0.2, -0.15) is 0 Å². The van der Waals surface area contributed by atoms with E-state index in [2.05, 4.69) is 4.42 Å². The van der Waals surface area contributed by atoms with Crippen molar-refractivity contribution in [2.45, 2.75) is 0 Å². The van der Waals surface area contributed by atoms with Gasteiger partial charge in [0, 0.05) is 6.07 Å². The van der Waals surface area contributed by atoms with E-state index in [4.69, 9.17) is 5.11 Å². The minimum absolute atomic E-state index is 0.230. The second-order valence-electron chi connectivity index (χ2n) is 1.34. The van der Waals surface area contributed by atoms with Crippen LogP contribution in [0.1, 0.15) is 10.4 Å². The topological polar surface area (TPSA) is 50.4 Å². The maximum atomic E-state index is 9.85. The van der Waals surface area contributed by atoms with Gasteiger partial charge in [0.15, 0.2) is 6.29 Å². The van der Waals surface area contributed by atoms with E-state index in [1.165, 1.54) is 12.3 Å². The number of aromatic hydroxyl groups is 1. The van der Waals surface area contributed by atoms with Crippen molar-refractivity contribution in [2.75, 3.05) is 0 Å². The summed E-state index contributed by atoms with van der Waals surface area (Å²) in [6.07, 6.45) is 1.78. The molecule has 1 N–H and O–H groups in total. The number of carbonyl (C=O) groups excluding carboxylic acids is 1. The van der Waals surface area contributed by atoms with Crippen molar-refractivity contribution in [3.63, 3.8) is 0 Å². The van der Waals surface area contributed by atoms with Crippen LogP contribution in [0.15, 0.2) is 16.7 Å². The molecule has 1 heterocycles. The Morgan fingerprint density at radius 3 is 2.75 bits per heavy atom. The molecule has 0 aromatic carbocycles. The molecule has 1 rings (SSSR count). The van der Waals surface area contributed by atoms with Crippen molar-refractivity contribution in [3.05, 3.63) is 17.9 Å². The van der Waals surface area contributed by atoms with Gasteiger partial charge in [0.05, 0.1) is 5.56 Å². The number of aldehydes is 1. The Morgan fingerprint density at radius 2 is 2.50 bits per heavy atom. The Morgan fingerprint density at radius 1 is 1.75 bits per heavy atom. The molecular formula is C5H4O3. The molecule has 0 atom stereocenters. The summed E-state index contributed by atoms with van der Waals surface area (Å²) < 4.78 is 4.38. The molecule has 0 aliphatic heterocycles. The van der Waals surface area contributed by atoms with E-state index in [1.54, 1.807) is 0 Å². The normalized spacial score (nSPS) is 9.00. The van der Waals surface area contributed by atoms with Gasteiger partial charge in [-0.25, -0.2) is 0 Å². The van der Waals surface area contributed by atoms with Gasteiger partial charge in [-0.3, -0.25) is 4.79 Å². The van der Waals surface area contributed by atoms with Crippen LogP contribution in [0, 0.1) is 0 Å². The number of hydrogen-bond acceptors (Lipinski definition) is 3. The molecule has 1 aromatic rings. The second-order valence-corrected chi connectivity index (χ2v) is 1.34. The predicted octanol–water partition coefficient (Wildman–Crippen LogP) is 0.798. The van der Waals surface area contributed by atoms with Crippen molar-refractivity contribution in [1.82, 2.24) is 0 Å². The van der Waals surface area contributed by atoms with Crippen LogP contribution in [-0.2, 0) is 0 Å². The first-order valence-electron chi connectivity index (χ1n) is 2.05. The van der Waals surface area contributed by atoms with Crippen molar-refractivity contribution in [2.24, 2.45) is 0 Å². The average molecular weight is 112 g/mol. The van der Waals surface area contributed by atoms with Gasteiger partial charge in [-0.1, -0.05) is 0 Å². The fourth-order valence-electron chi connectivity index (χ4n) is 0.401. The molecule has 1 aromatic heterocycles.